The van der Waals surface area contributed by atoms with Crippen molar-refractivity contribution in [3.8, 4) is 0 Å². The quantitative estimate of drug-likeness (QED) is 0.797. The zero-order valence-corrected chi connectivity index (χ0v) is 12.4. The number of likely N-dealkylation sites (N-methyl/N-ethyl adjacent to an activating group) is 1. The van der Waals surface area contributed by atoms with Crippen molar-refractivity contribution >= 4 is 22.8 Å². The molecule has 0 amide bonds. The smallest absolute Gasteiger partial charge is 0.158 e. The van der Waals surface area contributed by atoms with Crippen LogP contribution in [0, 0.1) is 6.92 Å². The Labute approximate surface area is 112 Å². The molecule has 0 spiro atoms. The molecule has 2 rings (SSSR count). The van der Waals surface area contributed by atoms with Gasteiger partial charge in [-0.1, -0.05) is 0 Å². The number of nitrogens with zero attached hydrogens (tertiary/aromatic N) is 5. The van der Waals surface area contributed by atoms with Gasteiger partial charge >= 0.3 is 0 Å². The maximum absolute atomic E-state index is 6.23. The summed E-state index contributed by atoms with van der Waals surface area (Å²) in [5, 5.41) is 4.32. The highest BCUT2D eigenvalue weighted by molar-refractivity contribution is 6.20. The third-order valence-corrected chi connectivity index (χ3v) is 3.24. The minimum absolute atomic E-state index is 0.0982. The lowest BCUT2D eigenvalue weighted by Crippen LogP contribution is -2.20. The second-order valence-corrected chi connectivity index (χ2v) is 5.58. The highest BCUT2D eigenvalue weighted by Gasteiger charge is 2.19. The van der Waals surface area contributed by atoms with Crippen LogP contribution in [-0.2, 0) is 13.6 Å². The maximum atomic E-state index is 6.23. The standard InChI is InChI=1S/C12H20ClN5/c1-8(13)11-14-10-9(2)15-17(5)12(10)18(11)7-6-16(3)4/h8H,6-7H2,1-5H3. The fourth-order valence-electron chi connectivity index (χ4n) is 2.18. The number of alkyl halides is 1. The van der Waals surface area contributed by atoms with Crippen LogP contribution in [0.4, 0.5) is 0 Å². The van der Waals surface area contributed by atoms with Gasteiger partial charge in [0.25, 0.3) is 0 Å². The van der Waals surface area contributed by atoms with Crippen LogP contribution in [0.25, 0.3) is 11.2 Å². The van der Waals surface area contributed by atoms with Crippen LogP contribution in [0.5, 0.6) is 0 Å². The zero-order valence-electron chi connectivity index (χ0n) is 11.6. The van der Waals surface area contributed by atoms with Crippen molar-refractivity contribution in [3.63, 3.8) is 0 Å². The Bertz CT molecular complexity index is 552. The first-order chi connectivity index (χ1) is 8.41. The fourth-order valence-corrected chi connectivity index (χ4v) is 2.34. The number of imidazole rings is 1. The van der Waals surface area contributed by atoms with Crippen molar-refractivity contribution in [2.45, 2.75) is 25.8 Å². The van der Waals surface area contributed by atoms with Crippen LogP contribution in [-0.4, -0.2) is 44.9 Å². The van der Waals surface area contributed by atoms with Gasteiger partial charge in [0, 0.05) is 20.1 Å². The molecule has 1 unspecified atom stereocenters. The van der Waals surface area contributed by atoms with E-state index in [1.165, 1.54) is 0 Å². The van der Waals surface area contributed by atoms with E-state index in [2.05, 4.69) is 33.6 Å². The number of aryl methyl sites for hydroxylation is 2. The summed E-state index contributed by atoms with van der Waals surface area (Å²) in [5.74, 6) is 0.921. The number of rotatable bonds is 4. The fraction of sp³-hybridized carbons (Fsp3) is 0.667. The summed E-state index contributed by atoms with van der Waals surface area (Å²) in [6, 6.07) is 0. The minimum atomic E-state index is -0.0982. The van der Waals surface area contributed by atoms with E-state index in [4.69, 9.17) is 11.6 Å². The Morgan fingerprint density at radius 3 is 2.61 bits per heavy atom. The predicted molar refractivity (Wildman–Crippen MR) is 74.1 cm³/mol. The van der Waals surface area contributed by atoms with Gasteiger partial charge in [-0.3, -0.25) is 4.68 Å². The van der Waals surface area contributed by atoms with Crippen LogP contribution in [0.15, 0.2) is 0 Å². The van der Waals surface area contributed by atoms with Crippen molar-refractivity contribution < 1.29 is 0 Å². The molecule has 2 aromatic heterocycles. The van der Waals surface area contributed by atoms with E-state index in [1.807, 2.05) is 25.6 Å². The van der Waals surface area contributed by atoms with Crippen molar-refractivity contribution in [3.05, 3.63) is 11.5 Å². The van der Waals surface area contributed by atoms with Crippen molar-refractivity contribution in [2.75, 3.05) is 20.6 Å². The molecule has 0 aromatic carbocycles. The molecule has 0 bridgehead atoms. The average molecular weight is 270 g/mol. The molecule has 0 aliphatic rings. The zero-order chi connectivity index (χ0) is 13.4. The van der Waals surface area contributed by atoms with Crippen molar-refractivity contribution in [1.82, 2.24) is 24.2 Å². The summed E-state index contributed by atoms with van der Waals surface area (Å²) >= 11 is 6.23. The van der Waals surface area contributed by atoms with Crippen LogP contribution in [0.2, 0.25) is 0 Å². The highest BCUT2D eigenvalue weighted by atomic mass is 35.5. The molecule has 0 saturated carbocycles. The van der Waals surface area contributed by atoms with E-state index in [0.29, 0.717) is 0 Å². The van der Waals surface area contributed by atoms with Crippen molar-refractivity contribution in [2.24, 2.45) is 7.05 Å². The van der Waals surface area contributed by atoms with Crippen LogP contribution in [0.1, 0.15) is 23.8 Å². The summed E-state index contributed by atoms with van der Waals surface area (Å²) in [6.45, 7) is 5.76. The molecule has 1 atom stereocenters. The summed E-state index contributed by atoms with van der Waals surface area (Å²) in [6.07, 6.45) is 0. The Kier molecular flexibility index (Phi) is 3.64. The maximum Gasteiger partial charge on any atom is 0.158 e. The van der Waals surface area contributed by atoms with E-state index >= 15 is 0 Å². The normalized spacial score (nSPS) is 13.7. The van der Waals surface area contributed by atoms with E-state index in [-0.39, 0.29) is 5.38 Å². The van der Waals surface area contributed by atoms with E-state index in [1.54, 1.807) is 0 Å². The molecular formula is C12H20ClN5. The molecule has 6 heteroatoms. The first-order valence-corrected chi connectivity index (χ1v) is 6.54. The molecule has 2 aromatic rings. The molecule has 0 saturated heterocycles. The highest BCUT2D eigenvalue weighted by Crippen LogP contribution is 2.25. The second kappa shape index (κ2) is 4.90. The lowest BCUT2D eigenvalue weighted by molar-refractivity contribution is 0.382. The second-order valence-electron chi connectivity index (χ2n) is 4.92. The van der Waals surface area contributed by atoms with Gasteiger partial charge in [-0.2, -0.15) is 5.10 Å². The van der Waals surface area contributed by atoms with Crippen LogP contribution >= 0.6 is 11.6 Å². The van der Waals surface area contributed by atoms with Gasteiger partial charge in [-0.15, -0.1) is 11.6 Å². The van der Waals surface area contributed by atoms with Gasteiger partial charge in [0.05, 0.1) is 11.1 Å². The first kappa shape index (κ1) is 13.4. The van der Waals surface area contributed by atoms with E-state index in [9.17, 15) is 0 Å². The summed E-state index contributed by atoms with van der Waals surface area (Å²) in [5.41, 5.74) is 2.96. The van der Waals surface area contributed by atoms with Crippen LogP contribution in [0.3, 0.4) is 0 Å². The van der Waals surface area contributed by atoms with Gasteiger partial charge in [0.15, 0.2) is 5.65 Å². The molecule has 2 heterocycles. The van der Waals surface area contributed by atoms with Gasteiger partial charge < -0.3 is 9.47 Å². The molecular weight excluding hydrogens is 250 g/mol. The predicted octanol–water partition coefficient (Wildman–Crippen LogP) is 1.94. The van der Waals surface area contributed by atoms with Gasteiger partial charge in [0.1, 0.15) is 11.3 Å². The van der Waals surface area contributed by atoms with Crippen molar-refractivity contribution in [1.29, 1.82) is 0 Å². The third-order valence-electron chi connectivity index (χ3n) is 3.05. The molecule has 0 fully saturated rings. The number of aromatic nitrogens is 4. The minimum Gasteiger partial charge on any atom is -0.310 e. The number of halogens is 1. The van der Waals surface area contributed by atoms with E-state index in [0.717, 1.165) is 35.8 Å². The Morgan fingerprint density at radius 1 is 1.39 bits per heavy atom. The van der Waals surface area contributed by atoms with Gasteiger partial charge in [-0.25, -0.2) is 4.98 Å². The average Bonchev–Trinajstić information content (AvgIpc) is 2.76. The topological polar surface area (TPSA) is 38.9 Å². The Hall–Kier alpha value is -1.07. The lowest BCUT2D eigenvalue weighted by atomic mass is 10.4. The Balaban J connectivity index is 2.54. The number of hydrogen-bond donors (Lipinski definition) is 0. The monoisotopic (exact) mass is 269 g/mol. The van der Waals surface area contributed by atoms with Gasteiger partial charge in [-0.05, 0) is 27.9 Å². The largest absolute Gasteiger partial charge is 0.310 e. The Morgan fingerprint density at radius 2 is 2.06 bits per heavy atom. The molecule has 100 valence electrons. The molecule has 0 N–H and O–H groups in total. The van der Waals surface area contributed by atoms with E-state index < -0.39 is 0 Å². The van der Waals surface area contributed by atoms with Gasteiger partial charge in [0.2, 0.25) is 0 Å². The molecule has 0 aliphatic heterocycles. The van der Waals surface area contributed by atoms with Crippen LogP contribution < -0.4 is 0 Å². The SMILES string of the molecule is Cc1nn(C)c2c1nc(C(C)Cl)n2CCN(C)C. The number of hydrogen-bond acceptors (Lipinski definition) is 3. The summed E-state index contributed by atoms with van der Waals surface area (Å²) in [4.78, 5) is 6.79. The first-order valence-electron chi connectivity index (χ1n) is 6.10. The number of fused-ring (bicyclic) bond motifs is 1. The summed E-state index contributed by atoms with van der Waals surface area (Å²) < 4.78 is 4.06. The summed E-state index contributed by atoms with van der Waals surface area (Å²) in [7, 11) is 6.07. The third kappa shape index (κ3) is 2.24. The molecule has 18 heavy (non-hydrogen) atoms. The lowest BCUT2D eigenvalue weighted by Gasteiger charge is -2.14. The molecule has 5 nitrogen and oxygen atoms in total. The molecule has 0 aliphatic carbocycles. The molecule has 0 radical (unpaired) electrons.